The Morgan fingerprint density at radius 3 is 2.30 bits per heavy atom. The van der Waals surface area contributed by atoms with Gasteiger partial charge in [0.1, 0.15) is 11.6 Å². The predicted molar refractivity (Wildman–Crippen MR) is 81.3 cm³/mol. The average Bonchev–Trinajstić information content (AvgIpc) is 2.43. The molecule has 0 fully saturated rings. The molecule has 0 heterocycles. The maximum atomic E-state index is 12.1. The van der Waals surface area contributed by atoms with Crippen molar-refractivity contribution in [2.45, 2.75) is 38.8 Å². The van der Waals surface area contributed by atoms with E-state index in [4.69, 9.17) is 4.74 Å². The zero-order valence-electron chi connectivity index (χ0n) is 13.4. The second-order valence-corrected chi connectivity index (χ2v) is 5.98. The molecule has 1 rings (SSSR count). The Kier molecular flexibility index (Phi) is 6.56. The van der Waals surface area contributed by atoms with Crippen molar-refractivity contribution in [1.82, 2.24) is 10.6 Å². The number of benzene rings is 1. The van der Waals surface area contributed by atoms with Crippen molar-refractivity contribution in [3.63, 3.8) is 0 Å². The summed E-state index contributed by atoms with van der Waals surface area (Å²) in [6.07, 6.45) is -0.541. The lowest BCUT2D eigenvalue weighted by Gasteiger charge is -2.23. The zero-order chi connectivity index (χ0) is 17.5. The van der Waals surface area contributed by atoms with Gasteiger partial charge in [-0.05, 0) is 26.3 Å². The van der Waals surface area contributed by atoms with Crippen LogP contribution in [0.25, 0.3) is 0 Å². The second-order valence-electron chi connectivity index (χ2n) is 5.98. The lowest BCUT2D eigenvalue weighted by atomic mass is 10.1. The molecule has 0 saturated heterocycles. The molecule has 7 nitrogen and oxygen atoms in total. The summed E-state index contributed by atoms with van der Waals surface area (Å²) >= 11 is 0. The van der Waals surface area contributed by atoms with Crippen molar-refractivity contribution in [1.29, 1.82) is 0 Å². The highest BCUT2D eigenvalue weighted by molar-refractivity contribution is 5.88. The quantitative estimate of drug-likeness (QED) is 0.766. The smallest absolute Gasteiger partial charge is 0.408 e. The van der Waals surface area contributed by atoms with Gasteiger partial charge in [0.25, 0.3) is 0 Å². The van der Waals surface area contributed by atoms with Crippen LogP contribution in [-0.4, -0.2) is 36.2 Å². The molecular formula is C16H21N2O5-. The van der Waals surface area contributed by atoms with Crippen LogP contribution in [0.3, 0.4) is 0 Å². The Balaban J connectivity index is 2.77. The van der Waals surface area contributed by atoms with Gasteiger partial charge in [0.15, 0.2) is 0 Å². The molecule has 1 aromatic rings. The first-order valence-electron chi connectivity index (χ1n) is 7.18. The third-order valence-corrected chi connectivity index (χ3v) is 2.70. The maximum absolute atomic E-state index is 12.1. The number of hydrogen-bond donors (Lipinski definition) is 2. The fourth-order valence-electron chi connectivity index (χ4n) is 1.79. The molecule has 2 amide bonds. The minimum absolute atomic E-state index is 0.207. The summed E-state index contributed by atoms with van der Waals surface area (Å²) in [7, 11) is 0. The minimum Gasteiger partial charge on any atom is -0.548 e. The first-order chi connectivity index (χ1) is 10.7. The topological polar surface area (TPSA) is 108 Å². The van der Waals surface area contributed by atoms with E-state index in [1.54, 1.807) is 45.0 Å². The van der Waals surface area contributed by atoms with E-state index in [0.29, 0.717) is 0 Å². The van der Waals surface area contributed by atoms with E-state index in [1.807, 2.05) is 6.07 Å². The number of nitrogens with one attached hydrogen (secondary N) is 2. The summed E-state index contributed by atoms with van der Waals surface area (Å²) < 4.78 is 5.12. The molecule has 0 aliphatic heterocycles. The van der Waals surface area contributed by atoms with E-state index >= 15 is 0 Å². The number of rotatable bonds is 6. The van der Waals surface area contributed by atoms with Gasteiger partial charge in [0.05, 0.1) is 12.5 Å². The van der Waals surface area contributed by atoms with Crippen LogP contribution in [0.4, 0.5) is 4.79 Å². The number of hydrogen-bond acceptors (Lipinski definition) is 5. The van der Waals surface area contributed by atoms with Gasteiger partial charge in [-0.15, -0.1) is 0 Å². The SMILES string of the molecule is CC(C)(C)OC(=O)N[C@@H](Cc1ccccc1)C(=O)NCC(=O)[O-]. The standard InChI is InChI=1S/C16H22N2O5/c1-16(2,3)23-15(22)18-12(14(21)17-10-13(19)20)9-11-7-5-4-6-8-11/h4-8,12H,9-10H2,1-3H3,(H,17,21)(H,18,22)(H,19,20)/p-1/t12-/m0/s1. The van der Waals surface area contributed by atoms with Crippen LogP contribution < -0.4 is 15.7 Å². The number of carbonyl (C=O) groups is 3. The third kappa shape index (κ3) is 7.85. The van der Waals surface area contributed by atoms with Crippen LogP contribution in [0.5, 0.6) is 0 Å². The van der Waals surface area contributed by atoms with Crippen molar-refractivity contribution in [3.05, 3.63) is 35.9 Å². The molecule has 0 spiro atoms. The summed E-state index contributed by atoms with van der Waals surface area (Å²) in [6, 6.07) is 8.09. The molecule has 7 heteroatoms. The molecule has 0 aliphatic carbocycles. The van der Waals surface area contributed by atoms with Crippen molar-refractivity contribution in [3.8, 4) is 0 Å². The molecule has 1 aromatic carbocycles. The van der Waals surface area contributed by atoms with Crippen LogP contribution in [0, 0.1) is 0 Å². The lowest BCUT2D eigenvalue weighted by Crippen LogP contribution is -2.51. The highest BCUT2D eigenvalue weighted by Crippen LogP contribution is 2.08. The normalized spacial score (nSPS) is 12.1. The fraction of sp³-hybridized carbons (Fsp3) is 0.438. The van der Waals surface area contributed by atoms with Gasteiger partial charge in [0, 0.05) is 6.42 Å². The second kappa shape index (κ2) is 8.17. The van der Waals surface area contributed by atoms with Gasteiger partial charge in [-0.1, -0.05) is 30.3 Å². The van der Waals surface area contributed by atoms with Crippen molar-refractivity contribution in [2.24, 2.45) is 0 Å². The van der Waals surface area contributed by atoms with Gasteiger partial charge >= 0.3 is 6.09 Å². The van der Waals surface area contributed by atoms with Gasteiger partial charge in [-0.25, -0.2) is 4.79 Å². The van der Waals surface area contributed by atoms with Gasteiger partial charge in [-0.3, -0.25) is 4.79 Å². The Hall–Kier alpha value is -2.57. The number of aliphatic carboxylic acids is 1. The largest absolute Gasteiger partial charge is 0.548 e. The van der Waals surface area contributed by atoms with Crippen molar-refractivity contribution >= 4 is 18.0 Å². The van der Waals surface area contributed by atoms with Crippen molar-refractivity contribution in [2.75, 3.05) is 6.54 Å². The van der Waals surface area contributed by atoms with E-state index < -0.39 is 36.2 Å². The van der Waals surface area contributed by atoms with Gasteiger partial charge in [-0.2, -0.15) is 0 Å². The molecular weight excluding hydrogens is 300 g/mol. The van der Waals surface area contributed by atoms with E-state index in [2.05, 4.69) is 10.6 Å². The molecule has 0 radical (unpaired) electrons. The van der Waals surface area contributed by atoms with Crippen LogP contribution in [0.15, 0.2) is 30.3 Å². The average molecular weight is 321 g/mol. The zero-order valence-corrected chi connectivity index (χ0v) is 13.4. The molecule has 0 aromatic heterocycles. The van der Waals surface area contributed by atoms with E-state index in [1.165, 1.54) is 0 Å². The molecule has 1 atom stereocenters. The summed E-state index contributed by atoms with van der Waals surface area (Å²) in [4.78, 5) is 34.4. The van der Waals surface area contributed by atoms with Crippen LogP contribution >= 0.6 is 0 Å². The summed E-state index contributed by atoms with van der Waals surface area (Å²) in [6.45, 7) is 4.49. The number of carboxylic acid groups (broad SMARTS) is 1. The lowest BCUT2D eigenvalue weighted by molar-refractivity contribution is -0.304. The van der Waals surface area contributed by atoms with Crippen LogP contribution in [0.2, 0.25) is 0 Å². The molecule has 126 valence electrons. The van der Waals surface area contributed by atoms with Crippen LogP contribution in [0.1, 0.15) is 26.3 Å². The highest BCUT2D eigenvalue weighted by atomic mass is 16.6. The number of amides is 2. The highest BCUT2D eigenvalue weighted by Gasteiger charge is 2.24. The first kappa shape index (κ1) is 18.5. The summed E-state index contributed by atoms with van der Waals surface area (Å²) in [5.74, 6) is -2.03. The summed E-state index contributed by atoms with van der Waals surface area (Å²) in [5.41, 5.74) is 0.111. The number of alkyl carbamates (subject to hydrolysis) is 1. The molecule has 0 aliphatic rings. The summed E-state index contributed by atoms with van der Waals surface area (Å²) in [5, 5.41) is 15.1. The van der Waals surface area contributed by atoms with E-state index in [-0.39, 0.29) is 6.42 Å². The monoisotopic (exact) mass is 321 g/mol. The third-order valence-electron chi connectivity index (χ3n) is 2.70. The fourth-order valence-corrected chi connectivity index (χ4v) is 1.79. The predicted octanol–water partition coefficient (Wildman–Crippen LogP) is -0.0115. The van der Waals surface area contributed by atoms with Crippen molar-refractivity contribution < 1.29 is 24.2 Å². The number of carbonyl (C=O) groups excluding carboxylic acids is 3. The Morgan fingerprint density at radius 2 is 1.78 bits per heavy atom. The van der Waals surface area contributed by atoms with Gasteiger partial charge in [0.2, 0.25) is 5.91 Å². The van der Waals surface area contributed by atoms with Crippen LogP contribution in [-0.2, 0) is 20.7 Å². The van der Waals surface area contributed by atoms with E-state index in [0.717, 1.165) is 5.56 Å². The maximum Gasteiger partial charge on any atom is 0.408 e. The Labute approximate surface area is 135 Å². The Morgan fingerprint density at radius 1 is 1.17 bits per heavy atom. The number of ether oxygens (including phenoxy) is 1. The Bertz CT molecular complexity index is 551. The molecule has 0 saturated carbocycles. The minimum atomic E-state index is -1.41. The molecule has 0 unspecified atom stereocenters. The molecule has 0 bridgehead atoms. The molecule has 2 N–H and O–H groups in total. The van der Waals surface area contributed by atoms with E-state index in [9.17, 15) is 19.5 Å². The number of carboxylic acids is 1. The molecule has 23 heavy (non-hydrogen) atoms. The van der Waals surface area contributed by atoms with Gasteiger partial charge < -0.3 is 25.3 Å². The first-order valence-corrected chi connectivity index (χ1v) is 7.18.